The standard InChI is InChI=1S/C18H16Cl3FN2O/c19-12-7-14(20)18(15(21)8-12)23-17(25)10-24(13-5-6-13)9-11-3-1-2-4-16(11)22/h1-4,7-8,13H,5-6,9-10H2,(H,23,25)/p+1. The summed E-state index contributed by atoms with van der Waals surface area (Å²) in [4.78, 5) is 13.5. The molecular weight excluding hydrogens is 386 g/mol. The van der Waals surface area contributed by atoms with Crippen molar-refractivity contribution in [1.82, 2.24) is 0 Å². The molecule has 1 amide bonds. The Balaban J connectivity index is 1.69. The van der Waals surface area contributed by atoms with Crippen LogP contribution in [0.25, 0.3) is 0 Å². The van der Waals surface area contributed by atoms with E-state index in [9.17, 15) is 9.18 Å². The highest BCUT2D eigenvalue weighted by Crippen LogP contribution is 2.33. The summed E-state index contributed by atoms with van der Waals surface area (Å²) >= 11 is 18.1. The van der Waals surface area contributed by atoms with Crippen LogP contribution in [0.4, 0.5) is 10.1 Å². The molecule has 3 nitrogen and oxygen atoms in total. The van der Waals surface area contributed by atoms with Crippen LogP contribution in [0.3, 0.4) is 0 Å². The van der Waals surface area contributed by atoms with E-state index in [-0.39, 0.29) is 28.3 Å². The van der Waals surface area contributed by atoms with Crippen LogP contribution in [-0.4, -0.2) is 18.5 Å². The number of carbonyl (C=O) groups excluding carboxylic acids is 1. The quantitative estimate of drug-likeness (QED) is 0.753. The number of nitrogens with one attached hydrogen (secondary N) is 2. The highest BCUT2D eigenvalue weighted by Gasteiger charge is 2.35. The van der Waals surface area contributed by atoms with Crippen molar-refractivity contribution in [2.45, 2.75) is 25.4 Å². The van der Waals surface area contributed by atoms with Crippen LogP contribution in [-0.2, 0) is 11.3 Å². The van der Waals surface area contributed by atoms with Crippen LogP contribution in [0.15, 0.2) is 36.4 Å². The molecule has 3 rings (SSSR count). The Morgan fingerprint density at radius 3 is 2.40 bits per heavy atom. The van der Waals surface area contributed by atoms with Gasteiger partial charge in [-0.1, -0.05) is 53.0 Å². The van der Waals surface area contributed by atoms with E-state index in [1.165, 1.54) is 18.2 Å². The maximum atomic E-state index is 13.9. The van der Waals surface area contributed by atoms with E-state index < -0.39 is 0 Å². The molecule has 0 aromatic heterocycles. The topological polar surface area (TPSA) is 33.5 Å². The van der Waals surface area contributed by atoms with Gasteiger partial charge in [0, 0.05) is 23.4 Å². The fraction of sp³-hybridized carbons (Fsp3) is 0.278. The lowest BCUT2D eigenvalue weighted by atomic mass is 10.2. The SMILES string of the molecule is O=C(C[NH+](Cc1ccccc1F)C1CC1)Nc1c(Cl)cc(Cl)cc1Cl. The summed E-state index contributed by atoms with van der Waals surface area (Å²) in [6.07, 6.45) is 2.08. The molecule has 0 aliphatic heterocycles. The van der Waals surface area contributed by atoms with Crippen LogP contribution in [0, 0.1) is 5.82 Å². The number of benzene rings is 2. The third-order valence-electron chi connectivity index (χ3n) is 4.19. The van der Waals surface area contributed by atoms with E-state index in [2.05, 4.69) is 5.32 Å². The molecule has 0 bridgehead atoms. The van der Waals surface area contributed by atoms with Gasteiger partial charge in [-0.25, -0.2) is 4.39 Å². The summed E-state index contributed by atoms with van der Waals surface area (Å²) in [6, 6.07) is 10.1. The monoisotopic (exact) mass is 401 g/mol. The minimum absolute atomic E-state index is 0.217. The van der Waals surface area contributed by atoms with E-state index in [1.807, 2.05) is 0 Å². The average Bonchev–Trinajstić information content (AvgIpc) is 3.37. The number of amides is 1. The summed E-state index contributed by atoms with van der Waals surface area (Å²) in [5.74, 6) is -0.464. The highest BCUT2D eigenvalue weighted by atomic mass is 35.5. The Bertz CT molecular complexity index is 773. The third-order valence-corrected chi connectivity index (χ3v) is 5.00. The molecule has 25 heavy (non-hydrogen) atoms. The van der Waals surface area contributed by atoms with Crippen molar-refractivity contribution in [2.24, 2.45) is 0 Å². The highest BCUT2D eigenvalue weighted by molar-refractivity contribution is 6.42. The minimum Gasteiger partial charge on any atom is -0.321 e. The van der Waals surface area contributed by atoms with E-state index in [0.29, 0.717) is 28.9 Å². The normalized spacial score (nSPS) is 15.0. The van der Waals surface area contributed by atoms with Crippen molar-refractivity contribution >= 4 is 46.4 Å². The van der Waals surface area contributed by atoms with Crippen molar-refractivity contribution in [3.8, 4) is 0 Å². The number of rotatable bonds is 6. The predicted octanol–water partition coefficient (Wildman–Crippen LogP) is 3.97. The summed E-state index contributed by atoms with van der Waals surface area (Å²) in [6.45, 7) is 0.682. The molecule has 2 aromatic rings. The zero-order valence-electron chi connectivity index (χ0n) is 13.3. The largest absolute Gasteiger partial charge is 0.321 e. The van der Waals surface area contributed by atoms with E-state index in [0.717, 1.165) is 17.7 Å². The molecule has 2 N–H and O–H groups in total. The van der Waals surface area contributed by atoms with E-state index >= 15 is 0 Å². The number of halogens is 4. The summed E-state index contributed by atoms with van der Waals surface area (Å²) in [5, 5.41) is 3.71. The van der Waals surface area contributed by atoms with E-state index in [4.69, 9.17) is 34.8 Å². The van der Waals surface area contributed by atoms with Gasteiger partial charge in [0.15, 0.2) is 6.54 Å². The third kappa shape index (κ3) is 4.85. The van der Waals surface area contributed by atoms with Crippen molar-refractivity contribution in [3.63, 3.8) is 0 Å². The first-order valence-corrected chi connectivity index (χ1v) is 9.10. The number of anilines is 1. The molecule has 2 aromatic carbocycles. The first kappa shape index (κ1) is 18.5. The van der Waals surface area contributed by atoms with Crippen LogP contribution in [0.5, 0.6) is 0 Å². The maximum Gasteiger partial charge on any atom is 0.279 e. The van der Waals surface area contributed by atoms with Gasteiger partial charge in [-0.05, 0) is 18.2 Å². The Kier molecular flexibility index (Phi) is 5.85. The smallest absolute Gasteiger partial charge is 0.279 e. The summed E-state index contributed by atoms with van der Waals surface area (Å²) in [7, 11) is 0. The zero-order chi connectivity index (χ0) is 18.0. The molecule has 0 spiro atoms. The number of quaternary nitrogens is 1. The summed E-state index contributed by atoms with van der Waals surface area (Å²) in [5.41, 5.74) is 0.957. The van der Waals surface area contributed by atoms with Crippen molar-refractivity contribution in [1.29, 1.82) is 0 Å². The molecule has 0 saturated heterocycles. The van der Waals surface area contributed by atoms with Gasteiger partial charge in [-0.15, -0.1) is 0 Å². The van der Waals surface area contributed by atoms with Gasteiger partial charge in [0.25, 0.3) is 5.91 Å². The van der Waals surface area contributed by atoms with E-state index in [1.54, 1.807) is 18.2 Å². The number of carbonyl (C=O) groups is 1. The lowest BCUT2D eigenvalue weighted by molar-refractivity contribution is -0.917. The van der Waals surface area contributed by atoms with Crippen LogP contribution in [0.1, 0.15) is 18.4 Å². The molecule has 1 aliphatic carbocycles. The Labute approximate surface area is 160 Å². The number of hydrogen-bond acceptors (Lipinski definition) is 1. The first-order chi connectivity index (χ1) is 11.9. The Morgan fingerprint density at radius 1 is 1.16 bits per heavy atom. The Hall–Kier alpha value is -1.33. The first-order valence-electron chi connectivity index (χ1n) is 7.96. The minimum atomic E-state index is -0.246. The lowest BCUT2D eigenvalue weighted by Crippen LogP contribution is -3.13. The zero-order valence-corrected chi connectivity index (χ0v) is 15.6. The second-order valence-corrected chi connectivity index (χ2v) is 7.42. The second-order valence-electron chi connectivity index (χ2n) is 6.17. The fourth-order valence-electron chi connectivity index (χ4n) is 2.78. The van der Waals surface area contributed by atoms with Gasteiger partial charge in [0.05, 0.1) is 21.8 Å². The van der Waals surface area contributed by atoms with Gasteiger partial charge >= 0.3 is 0 Å². The second kappa shape index (κ2) is 7.92. The molecular formula is C18H17Cl3FN2O+. The summed E-state index contributed by atoms with van der Waals surface area (Å²) < 4.78 is 13.9. The molecule has 132 valence electrons. The molecule has 1 unspecified atom stereocenters. The van der Waals surface area contributed by atoms with Gasteiger partial charge in [0.1, 0.15) is 12.4 Å². The lowest BCUT2D eigenvalue weighted by Gasteiger charge is -2.19. The van der Waals surface area contributed by atoms with Gasteiger partial charge in [-0.2, -0.15) is 0 Å². The van der Waals surface area contributed by atoms with Gasteiger partial charge in [-0.3, -0.25) is 4.79 Å². The molecule has 1 aliphatic rings. The van der Waals surface area contributed by atoms with Crippen LogP contribution < -0.4 is 10.2 Å². The van der Waals surface area contributed by atoms with Crippen molar-refractivity contribution in [3.05, 3.63) is 62.8 Å². The molecule has 7 heteroatoms. The molecule has 1 fully saturated rings. The fourth-order valence-corrected chi connectivity index (χ4v) is 3.69. The van der Waals surface area contributed by atoms with Crippen molar-refractivity contribution < 1.29 is 14.1 Å². The predicted molar refractivity (Wildman–Crippen MR) is 99.1 cm³/mol. The maximum absolute atomic E-state index is 13.9. The number of hydrogen-bond donors (Lipinski definition) is 2. The average molecular weight is 403 g/mol. The van der Waals surface area contributed by atoms with Crippen LogP contribution >= 0.6 is 34.8 Å². The van der Waals surface area contributed by atoms with Crippen molar-refractivity contribution in [2.75, 3.05) is 11.9 Å². The molecule has 1 atom stereocenters. The van der Waals surface area contributed by atoms with Gasteiger partial charge < -0.3 is 10.2 Å². The molecule has 0 radical (unpaired) electrons. The molecule has 1 saturated carbocycles. The Morgan fingerprint density at radius 2 is 1.80 bits per heavy atom. The van der Waals surface area contributed by atoms with Gasteiger partial charge in [0.2, 0.25) is 0 Å². The van der Waals surface area contributed by atoms with Crippen LogP contribution in [0.2, 0.25) is 15.1 Å². The molecule has 0 heterocycles.